The summed E-state index contributed by atoms with van der Waals surface area (Å²) in [5.74, 6) is 0.0932. The monoisotopic (exact) mass is 296 g/mol. The molecule has 0 spiro atoms. The fraction of sp³-hybridized carbons (Fsp3) is 0.333. The van der Waals surface area contributed by atoms with Gasteiger partial charge in [0, 0.05) is 25.4 Å². The molecule has 4 nitrogen and oxygen atoms in total. The van der Waals surface area contributed by atoms with Crippen molar-refractivity contribution in [3.8, 4) is 0 Å². The second-order valence-corrected chi connectivity index (χ2v) is 5.82. The van der Waals surface area contributed by atoms with E-state index in [1.165, 1.54) is 0 Å². The summed E-state index contributed by atoms with van der Waals surface area (Å²) in [6.45, 7) is 0.986. The molecule has 1 N–H and O–H groups in total. The Morgan fingerprint density at radius 3 is 2.77 bits per heavy atom. The highest BCUT2D eigenvalue weighted by molar-refractivity contribution is 5.77. The molecule has 2 heterocycles. The highest BCUT2D eigenvalue weighted by Gasteiger charge is 2.39. The fourth-order valence-corrected chi connectivity index (χ4v) is 2.95. The van der Waals surface area contributed by atoms with Gasteiger partial charge >= 0.3 is 0 Å². The maximum Gasteiger partial charge on any atom is 0.223 e. The van der Waals surface area contributed by atoms with Gasteiger partial charge in [-0.15, -0.1) is 0 Å². The Kier molecular flexibility index (Phi) is 4.20. The zero-order valence-corrected chi connectivity index (χ0v) is 12.5. The number of likely N-dealkylation sites (tertiary alicyclic amines) is 1. The van der Waals surface area contributed by atoms with Crippen LogP contribution in [0, 0.1) is 0 Å². The van der Waals surface area contributed by atoms with Crippen LogP contribution in [0.3, 0.4) is 0 Å². The number of hydrogen-bond acceptors (Lipinski definition) is 3. The molecular formula is C18H20N2O2. The number of pyridine rings is 1. The number of aryl methyl sites for hydroxylation is 1. The minimum atomic E-state index is -0.911. The first-order valence-corrected chi connectivity index (χ1v) is 7.62. The van der Waals surface area contributed by atoms with Gasteiger partial charge in [0.1, 0.15) is 5.60 Å². The van der Waals surface area contributed by atoms with Gasteiger partial charge in [0.25, 0.3) is 0 Å². The summed E-state index contributed by atoms with van der Waals surface area (Å²) < 4.78 is 0. The molecule has 1 saturated heterocycles. The third-order valence-electron chi connectivity index (χ3n) is 4.26. The molecule has 1 unspecified atom stereocenters. The average molecular weight is 296 g/mol. The van der Waals surface area contributed by atoms with Crippen molar-refractivity contribution in [2.75, 3.05) is 13.1 Å². The van der Waals surface area contributed by atoms with Crippen molar-refractivity contribution in [2.45, 2.75) is 24.9 Å². The first-order valence-electron chi connectivity index (χ1n) is 7.62. The van der Waals surface area contributed by atoms with Gasteiger partial charge in [0.2, 0.25) is 5.91 Å². The molecule has 2 aromatic rings. The second-order valence-electron chi connectivity index (χ2n) is 5.82. The van der Waals surface area contributed by atoms with Crippen molar-refractivity contribution in [3.05, 3.63) is 66.0 Å². The number of hydrogen-bond donors (Lipinski definition) is 1. The third-order valence-corrected chi connectivity index (χ3v) is 4.26. The van der Waals surface area contributed by atoms with Gasteiger partial charge in [-0.1, -0.05) is 36.4 Å². The number of nitrogens with zero attached hydrogens (tertiary/aromatic N) is 2. The van der Waals surface area contributed by atoms with E-state index in [1.807, 2.05) is 42.5 Å². The van der Waals surface area contributed by atoms with Crippen LogP contribution in [0.25, 0.3) is 0 Å². The zero-order valence-electron chi connectivity index (χ0n) is 12.5. The summed E-state index contributed by atoms with van der Waals surface area (Å²) in [6.07, 6.45) is 5.25. The Morgan fingerprint density at radius 2 is 2.05 bits per heavy atom. The van der Waals surface area contributed by atoms with E-state index in [0.29, 0.717) is 32.4 Å². The van der Waals surface area contributed by atoms with Crippen molar-refractivity contribution in [2.24, 2.45) is 0 Å². The molecule has 0 saturated carbocycles. The largest absolute Gasteiger partial charge is 0.383 e. The van der Waals surface area contributed by atoms with E-state index in [4.69, 9.17) is 0 Å². The fourth-order valence-electron chi connectivity index (χ4n) is 2.95. The maximum atomic E-state index is 12.3. The van der Waals surface area contributed by atoms with Gasteiger partial charge < -0.3 is 10.0 Å². The molecule has 4 heteroatoms. The van der Waals surface area contributed by atoms with E-state index >= 15 is 0 Å². The molecule has 0 aliphatic carbocycles. The van der Waals surface area contributed by atoms with Crippen molar-refractivity contribution < 1.29 is 9.90 Å². The number of carbonyl (C=O) groups excluding carboxylic acids is 1. The topological polar surface area (TPSA) is 53.4 Å². The van der Waals surface area contributed by atoms with Crippen LogP contribution in [0.1, 0.15) is 24.0 Å². The lowest BCUT2D eigenvalue weighted by Gasteiger charge is -2.24. The standard InChI is InChI=1S/C18H20N2O2/c21-17(9-8-15-5-4-11-19-13-15)20-12-10-18(22,14-20)16-6-2-1-3-7-16/h1-7,11,13,22H,8-10,12,14H2. The summed E-state index contributed by atoms with van der Waals surface area (Å²) in [7, 11) is 0. The Bertz CT molecular complexity index is 630. The highest BCUT2D eigenvalue weighted by Crippen LogP contribution is 2.32. The highest BCUT2D eigenvalue weighted by atomic mass is 16.3. The number of carbonyl (C=O) groups is 1. The summed E-state index contributed by atoms with van der Waals surface area (Å²) in [4.78, 5) is 18.2. The van der Waals surface area contributed by atoms with E-state index in [-0.39, 0.29) is 5.91 Å². The van der Waals surface area contributed by atoms with Crippen LogP contribution in [-0.4, -0.2) is 34.0 Å². The van der Waals surface area contributed by atoms with Crippen LogP contribution in [0.4, 0.5) is 0 Å². The summed E-state index contributed by atoms with van der Waals surface area (Å²) >= 11 is 0. The lowest BCUT2D eigenvalue weighted by atomic mass is 9.93. The number of β-amino-alcohol motifs (C(OH)–C–C–N with tert-alkyl or cyclic N) is 1. The van der Waals surface area contributed by atoms with Gasteiger partial charge in [-0.25, -0.2) is 0 Å². The van der Waals surface area contributed by atoms with Crippen molar-refractivity contribution in [1.29, 1.82) is 0 Å². The number of benzene rings is 1. The minimum Gasteiger partial charge on any atom is -0.383 e. The van der Waals surface area contributed by atoms with Crippen LogP contribution in [-0.2, 0) is 16.8 Å². The smallest absolute Gasteiger partial charge is 0.223 e. The molecule has 22 heavy (non-hydrogen) atoms. The SMILES string of the molecule is O=C(CCc1cccnc1)N1CCC(O)(c2ccccc2)C1. The summed E-state index contributed by atoms with van der Waals surface area (Å²) in [6, 6.07) is 13.5. The molecule has 0 radical (unpaired) electrons. The molecule has 0 bridgehead atoms. The molecule has 1 aliphatic heterocycles. The van der Waals surface area contributed by atoms with E-state index in [0.717, 1.165) is 11.1 Å². The van der Waals surface area contributed by atoms with Crippen molar-refractivity contribution in [1.82, 2.24) is 9.88 Å². The van der Waals surface area contributed by atoms with Crippen LogP contribution >= 0.6 is 0 Å². The Hall–Kier alpha value is -2.20. The lowest BCUT2D eigenvalue weighted by Crippen LogP contribution is -2.34. The van der Waals surface area contributed by atoms with Crippen molar-refractivity contribution in [3.63, 3.8) is 0 Å². The predicted octanol–water partition coefficient (Wildman–Crippen LogP) is 2.13. The summed E-state index contributed by atoms with van der Waals surface area (Å²) in [5, 5.41) is 10.8. The van der Waals surface area contributed by atoms with Crippen molar-refractivity contribution >= 4 is 5.91 Å². The van der Waals surface area contributed by atoms with Gasteiger partial charge in [-0.3, -0.25) is 9.78 Å². The first-order chi connectivity index (χ1) is 10.7. The Labute approximate surface area is 130 Å². The molecule has 1 fully saturated rings. The molecule has 1 aromatic carbocycles. The normalized spacial score (nSPS) is 21.0. The molecule has 1 atom stereocenters. The zero-order chi connectivity index (χ0) is 15.4. The number of amides is 1. The molecule has 3 rings (SSSR count). The molecule has 1 aliphatic rings. The Balaban J connectivity index is 1.59. The van der Waals surface area contributed by atoms with Gasteiger partial charge in [0.05, 0.1) is 6.54 Å². The van der Waals surface area contributed by atoms with E-state index < -0.39 is 5.60 Å². The quantitative estimate of drug-likeness (QED) is 0.940. The number of aromatic nitrogens is 1. The Morgan fingerprint density at radius 1 is 1.23 bits per heavy atom. The van der Waals surface area contributed by atoms with Crippen LogP contribution in [0.2, 0.25) is 0 Å². The lowest BCUT2D eigenvalue weighted by molar-refractivity contribution is -0.131. The third kappa shape index (κ3) is 3.17. The number of aliphatic hydroxyl groups is 1. The van der Waals surface area contributed by atoms with Crippen LogP contribution in [0.5, 0.6) is 0 Å². The summed E-state index contributed by atoms with van der Waals surface area (Å²) in [5.41, 5.74) is 1.04. The van der Waals surface area contributed by atoms with Gasteiger partial charge in [0.15, 0.2) is 0 Å². The average Bonchev–Trinajstić information content (AvgIpc) is 2.98. The van der Waals surface area contributed by atoms with E-state index in [2.05, 4.69) is 4.98 Å². The van der Waals surface area contributed by atoms with Crippen LogP contribution in [0.15, 0.2) is 54.9 Å². The predicted molar refractivity (Wildman–Crippen MR) is 84.1 cm³/mol. The maximum absolute atomic E-state index is 12.3. The molecule has 1 aromatic heterocycles. The molecular weight excluding hydrogens is 276 g/mol. The molecule has 114 valence electrons. The van der Waals surface area contributed by atoms with Gasteiger partial charge in [-0.05, 0) is 30.0 Å². The molecule has 1 amide bonds. The first kappa shape index (κ1) is 14.7. The van der Waals surface area contributed by atoms with E-state index in [9.17, 15) is 9.90 Å². The number of rotatable bonds is 4. The second kappa shape index (κ2) is 6.28. The van der Waals surface area contributed by atoms with Crippen LogP contribution < -0.4 is 0 Å². The van der Waals surface area contributed by atoms with E-state index in [1.54, 1.807) is 17.3 Å². The minimum absolute atomic E-state index is 0.0932. The van der Waals surface area contributed by atoms with Gasteiger partial charge in [-0.2, -0.15) is 0 Å².